The lowest BCUT2D eigenvalue weighted by Crippen LogP contribution is -2.50. The summed E-state index contributed by atoms with van der Waals surface area (Å²) < 4.78 is 13.9. The van der Waals surface area contributed by atoms with Gasteiger partial charge < -0.3 is 14.9 Å². The molecule has 1 aliphatic rings. The van der Waals surface area contributed by atoms with Gasteiger partial charge in [-0.25, -0.2) is 4.39 Å². The van der Waals surface area contributed by atoms with Crippen LogP contribution >= 0.6 is 23.2 Å². The number of hydrogen-bond donors (Lipinski definition) is 1. The molecule has 136 valence electrons. The summed E-state index contributed by atoms with van der Waals surface area (Å²) >= 11 is 11.7. The maximum atomic E-state index is 13.9. The second-order valence-corrected chi connectivity index (χ2v) is 6.74. The Morgan fingerprint density at radius 1 is 0.846 bits per heavy atom. The summed E-state index contributed by atoms with van der Waals surface area (Å²) in [7, 11) is 0. The van der Waals surface area contributed by atoms with Gasteiger partial charge in [-0.15, -0.1) is 0 Å². The zero-order chi connectivity index (χ0) is 18.8. The number of amides is 2. The zero-order valence-corrected chi connectivity index (χ0v) is 15.1. The summed E-state index contributed by atoms with van der Waals surface area (Å²) in [5.41, 5.74) is 0.0166. The van der Waals surface area contributed by atoms with Crippen LogP contribution in [0.25, 0.3) is 0 Å². The molecule has 0 radical (unpaired) electrons. The van der Waals surface area contributed by atoms with E-state index < -0.39 is 11.7 Å². The molecule has 0 saturated carbocycles. The molecule has 8 heteroatoms. The Labute approximate surface area is 159 Å². The molecule has 1 aliphatic heterocycles. The van der Waals surface area contributed by atoms with E-state index in [1.165, 1.54) is 40.1 Å². The number of aromatic hydroxyl groups is 1. The molecule has 0 bridgehead atoms. The topological polar surface area (TPSA) is 60.9 Å². The highest BCUT2D eigenvalue weighted by Gasteiger charge is 2.28. The van der Waals surface area contributed by atoms with Gasteiger partial charge in [0.2, 0.25) is 0 Å². The quantitative estimate of drug-likeness (QED) is 0.845. The van der Waals surface area contributed by atoms with Crippen LogP contribution in [0.2, 0.25) is 10.0 Å². The van der Waals surface area contributed by atoms with E-state index in [9.17, 15) is 19.1 Å². The average molecular weight is 397 g/mol. The first-order valence-electron chi connectivity index (χ1n) is 7.89. The molecule has 1 fully saturated rings. The third-order valence-electron chi connectivity index (χ3n) is 4.20. The molecule has 3 rings (SSSR count). The fourth-order valence-corrected chi connectivity index (χ4v) is 3.14. The van der Waals surface area contributed by atoms with Crippen molar-refractivity contribution in [1.82, 2.24) is 9.80 Å². The van der Waals surface area contributed by atoms with Crippen LogP contribution in [0.15, 0.2) is 36.4 Å². The molecule has 2 aromatic rings. The van der Waals surface area contributed by atoms with Crippen molar-refractivity contribution in [2.24, 2.45) is 0 Å². The normalized spacial score (nSPS) is 14.4. The van der Waals surface area contributed by atoms with E-state index in [0.29, 0.717) is 5.02 Å². The lowest BCUT2D eigenvalue weighted by Gasteiger charge is -2.35. The molecule has 0 aliphatic carbocycles. The molecule has 2 amide bonds. The molecule has 1 heterocycles. The van der Waals surface area contributed by atoms with Crippen molar-refractivity contribution >= 4 is 35.0 Å². The maximum Gasteiger partial charge on any atom is 0.257 e. The van der Waals surface area contributed by atoms with Gasteiger partial charge in [-0.3, -0.25) is 9.59 Å². The average Bonchev–Trinajstić information content (AvgIpc) is 2.64. The van der Waals surface area contributed by atoms with Crippen molar-refractivity contribution in [1.29, 1.82) is 0 Å². The minimum Gasteiger partial charge on any atom is -0.507 e. The van der Waals surface area contributed by atoms with Gasteiger partial charge in [-0.05, 0) is 36.4 Å². The number of phenols is 1. The number of carbonyl (C=O) groups excluding carboxylic acids is 2. The molecule has 1 N–H and O–H groups in total. The van der Waals surface area contributed by atoms with Crippen molar-refractivity contribution < 1.29 is 19.1 Å². The number of hydrogen-bond acceptors (Lipinski definition) is 3. The first kappa shape index (κ1) is 18.5. The van der Waals surface area contributed by atoms with Crippen molar-refractivity contribution in [3.8, 4) is 5.75 Å². The lowest BCUT2D eigenvalue weighted by molar-refractivity contribution is 0.0531. The van der Waals surface area contributed by atoms with Crippen LogP contribution in [-0.2, 0) is 0 Å². The third kappa shape index (κ3) is 3.76. The number of piperazine rings is 1. The lowest BCUT2D eigenvalue weighted by atomic mass is 10.1. The molecule has 5 nitrogen and oxygen atoms in total. The molecule has 0 atom stereocenters. The van der Waals surface area contributed by atoms with Gasteiger partial charge in [0.25, 0.3) is 11.8 Å². The van der Waals surface area contributed by atoms with Crippen molar-refractivity contribution in [2.45, 2.75) is 0 Å². The summed E-state index contributed by atoms with van der Waals surface area (Å²) in [6.45, 7) is 1.02. The smallest absolute Gasteiger partial charge is 0.257 e. The van der Waals surface area contributed by atoms with Gasteiger partial charge in [-0.2, -0.15) is 0 Å². The predicted octanol–water partition coefficient (Wildman–Crippen LogP) is 3.44. The number of benzene rings is 2. The first-order valence-corrected chi connectivity index (χ1v) is 8.64. The largest absolute Gasteiger partial charge is 0.507 e. The summed E-state index contributed by atoms with van der Waals surface area (Å²) in [6, 6.07) is 8.07. The molecule has 2 aromatic carbocycles. The zero-order valence-electron chi connectivity index (χ0n) is 13.6. The monoisotopic (exact) mass is 396 g/mol. The van der Waals surface area contributed by atoms with Crippen LogP contribution in [0.3, 0.4) is 0 Å². The third-order valence-corrected chi connectivity index (χ3v) is 4.67. The molecule has 0 unspecified atom stereocenters. The maximum absolute atomic E-state index is 13.9. The molecule has 0 spiro atoms. The number of phenolic OH excluding ortho intramolecular Hbond substituents is 1. The second-order valence-electron chi connectivity index (χ2n) is 5.87. The molecule has 1 saturated heterocycles. The molecular weight excluding hydrogens is 382 g/mol. The van der Waals surface area contributed by atoms with Gasteiger partial charge in [0.1, 0.15) is 11.6 Å². The van der Waals surface area contributed by atoms with E-state index in [1.807, 2.05) is 0 Å². The van der Waals surface area contributed by atoms with Gasteiger partial charge in [0.15, 0.2) is 0 Å². The van der Waals surface area contributed by atoms with E-state index in [0.717, 1.165) is 6.07 Å². The van der Waals surface area contributed by atoms with E-state index in [1.54, 1.807) is 0 Å². The highest BCUT2D eigenvalue weighted by Crippen LogP contribution is 2.24. The van der Waals surface area contributed by atoms with Gasteiger partial charge in [0, 0.05) is 36.2 Å². The van der Waals surface area contributed by atoms with Crippen LogP contribution in [0.4, 0.5) is 4.39 Å². The van der Waals surface area contributed by atoms with E-state index in [4.69, 9.17) is 23.2 Å². The van der Waals surface area contributed by atoms with Crippen LogP contribution in [-0.4, -0.2) is 52.9 Å². The Morgan fingerprint density at radius 3 is 1.88 bits per heavy atom. The van der Waals surface area contributed by atoms with Crippen LogP contribution in [0, 0.1) is 5.82 Å². The standard InChI is InChI=1S/C18H15Cl2FN2O3/c19-11-1-3-15(21)13(9-11)17(25)22-5-7-23(8-6-22)18(26)14-10-12(20)2-4-16(14)24/h1-4,9-10,24H,5-8H2. The summed E-state index contributed by atoms with van der Waals surface area (Å²) in [5, 5.41) is 10.5. The number of carbonyl (C=O) groups is 2. The Morgan fingerprint density at radius 2 is 1.31 bits per heavy atom. The highest BCUT2D eigenvalue weighted by atomic mass is 35.5. The van der Waals surface area contributed by atoms with Gasteiger partial charge in [0.05, 0.1) is 11.1 Å². The van der Waals surface area contributed by atoms with E-state index >= 15 is 0 Å². The Balaban J connectivity index is 1.69. The molecule has 26 heavy (non-hydrogen) atoms. The van der Waals surface area contributed by atoms with Crippen LogP contribution < -0.4 is 0 Å². The number of rotatable bonds is 2. The minimum absolute atomic E-state index is 0.0928. The van der Waals surface area contributed by atoms with Crippen molar-refractivity contribution in [2.75, 3.05) is 26.2 Å². The SMILES string of the molecule is O=C(c1cc(Cl)ccc1O)N1CCN(C(=O)c2cc(Cl)ccc2F)CC1. The van der Waals surface area contributed by atoms with Gasteiger partial charge >= 0.3 is 0 Å². The van der Waals surface area contributed by atoms with E-state index in [2.05, 4.69) is 0 Å². The Hall–Kier alpha value is -2.31. The summed E-state index contributed by atoms with van der Waals surface area (Å²) in [4.78, 5) is 28.0. The first-order chi connectivity index (χ1) is 12.4. The molecule has 0 aromatic heterocycles. The minimum atomic E-state index is -0.637. The van der Waals surface area contributed by atoms with Gasteiger partial charge in [-0.1, -0.05) is 23.2 Å². The predicted molar refractivity (Wildman–Crippen MR) is 96.3 cm³/mol. The summed E-state index contributed by atoms with van der Waals surface area (Å²) in [5.74, 6) is -1.63. The van der Waals surface area contributed by atoms with Crippen molar-refractivity contribution in [3.63, 3.8) is 0 Å². The number of halogens is 3. The fourth-order valence-electron chi connectivity index (χ4n) is 2.79. The van der Waals surface area contributed by atoms with E-state index in [-0.39, 0.29) is 54.0 Å². The van der Waals surface area contributed by atoms with Crippen LogP contribution in [0.1, 0.15) is 20.7 Å². The fraction of sp³-hybridized carbons (Fsp3) is 0.222. The Kier molecular flexibility index (Phi) is 5.34. The van der Waals surface area contributed by atoms with Crippen LogP contribution in [0.5, 0.6) is 5.75 Å². The Bertz CT molecular complexity index is 796. The molecular formula is C18H15Cl2FN2O3. The summed E-state index contributed by atoms with van der Waals surface area (Å²) in [6.07, 6.45) is 0. The second kappa shape index (κ2) is 7.51. The van der Waals surface area contributed by atoms with Crippen molar-refractivity contribution in [3.05, 3.63) is 63.4 Å². The number of nitrogens with zero attached hydrogens (tertiary/aromatic N) is 2. The highest BCUT2D eigenvalue weighted by molar-refractivity contribution is 6.31.